The molecule has 420 valence electrons. The lowest BCUT2D eigenvalue weighted by molar-refractivity contribution is -0.335. The Morgan fingerprint density at radius 2 is 1.61 bits per heavy atom. The van der Waals surface area contributed by atoms with Crippen LogP contribution in [0.2, 0.25) is 5.02 Å². The summed E-state index contributed by atoms with van der Waals surface area (Å²) in [7, 11) is 6.43. The van der Waals surface area contributed by atoms with Gasteiger partial charge in [0.15, 0.2) is 18.7 Å². The maximum absolute atomic E-state index is 14.8. The minimum atomic E-state index is -1.88. The van der Waals surface area contributed by atoms with E-state index in [-0.39, 0.29) is 42.8 Å². The number of esters is 1. The van der Waals surface area contributed by atoms with Crippen molar-refractivity contribution in [2.75, 3.05) is 52.8 Å². The van der Waals surface area contributed by atoms with Gasteiger partial charge in [-0.15, -0.1) is 0 Å². The highest BCUT2D eigenvalue weighted by molar-refractivity contribution is 6.32. The van der Waals surface area contributed by atoms with Gasteiger partial charge in [0.2, 0.25) is 0 Å². The van der Waals surface area contributed by atoms with Gasteiger partial charge in [-0.3, -0.25) is 9.69 Å². The Balaban J connectivity index is 1.66. The standard InChI is InChI=1S/C55H89ClN4O14/c1-16-25-57-31-55(66)37(8)70-44(29-53(55,10)68-15)73-45-34(5)48(52(9,64)28-32(3)30-58-36(7)47(61)54(11,65)43(17-2)72-49(62)35(45)6)74-50-46(71-39-23-24-42(67-14)40(56)27-39)41(26-33(4)69-50)60(13)51(63)59(12)38-21-19-18-20-22-38/h18-24,27,32-37,41,43-48,50,57-58,61,64-66H,16-17,25-26,28-31H2,1-15H3/t32-,33-,34+,35-,36-,37+,41+,43-,44+,45+,46-,47-,48-,50+,52-,53-,54-,55+/m1/s1. The molecule has 3 aliphatic heterocycles. The Labute approximate surface area is 444 Å². The zero-order chi connectivity index (χ0) is 55.1. The van der Waals surface area contributed by atoms with Crippen molar-refractivity contribution in [1.82, 2.24) is 15.5 Å². The van der Waals surface area contributed by atoms with E-state index in [9.17, 15) is 30.0 Å². The number of hydrogen-bond acceptors (Lipinski definition) is 16. The van der Waals surface area contributed by atoms with Crippen molar-refractivity contribution in [2.45, 2.75) is 198 Å². The molecule has 19 heteroatoms. The second-order valence-electron chi connectivity index (χ2n) is 21.9. The number of nitrogens with zero attached hydrogens (tertiary/aromatic N) is 2. The van der Waals surface area contributed by atoms with Crippen molar-refractivity contribution in [3.05, 3.63) is 53.6 Å². The molecule has 2 aromatic carbocycles. The SMILES string of the molecule is CCCNC[C@]1(O)[C@H](C)O[C@@H](O[C@H]2[C@H](C)[C@@H](O[C@@H]3O[C@H](C)C[C@H](N(C)C(=O)N(C)c4ccccc4)[C@H]3Oc3ccc(OC)c(Cl)c3)[C@](C)(O)C[C@@H](C)CN[C@H](C)[C@@H](O)[C@](C)(O)[C@@H](CC)OC(=O)[C@@H]2C)C[C@@]1(C)OC. The summed E-state index contributed by atoms with van der Waals surface area (Å²) in [6, 6.07) is 12.6. The van der Waals surface area contributed by atoms with Gasteiger partial charge in [-0.25, -0.2) is 4.79 Å². The Kier molecular flexibility index (Phi) is 21.5. The van der Waals surface area contributed by atoms with Crippen molar-refractivity contribution in [3.63, 3.8) is 0 Å². The molecule has 3 heterocycles. The zero-order valence-electron chi connectivity index (χ0n) is 46.5. The average molecular weight is 1070 g/mol. The summed E-state index contributed by atoms with van der Waals surface area (Å²) in [5.74, 6) is -2.28. The lowest BCUT2D eigenvalue weighted by atomic mass is 9.75. The molecule has 0 unspecified atom stereocenters. The van der Waals surface area contributed by atoms with Gasteiger partial charge in [0.1, 0.15) is 40.5 Å². The Morgan fingerprint density at radius 3 is 2.22 bits per heavy atom. The highest BCUT2D eigenvalue weighted by atomic mass is 35.5. The van der Waals surface area contributed by atoms with E-state index in [4.69, 9.17) is 49.5 Å². The van der Waals surface area contributed by atoms with Gasteiger partial charge in [0.25, 0.3) is 0 Å². The predicted molar refractivity (Wildman–Crippen MR) is 282 cm³/mol. The van der Waals surface area contributed by atoms with Gasteiger partial charge < -0.3 is 73.9 Å². The summed E-state index contributed by atoms with van der Waals surface area (Å²) in [5.41, 5.74) is -5.63. The molecule has 0 bridgehead atoms. The largest absolute Gasteiger partial charge is 0.495 e. The van der Waals surface area contributed by atoms with Crippen LogP contribution in [-0.2, 0) is 33.2 Å². The first kappa shape index (κ1) is 61.5. The summed E-state index contributed by atoms with van der Waals surface area (Å²) in [5, 5.41) is 55.9. The van der Waals surface area contributed by atoms with Crippen LogP contribution in [-0.4, -0.2) is 175 Å². The second kappa shape index (κ2) is 25.9. The van der Waals surface area contributed by atoms with Crippen LogP contribution in [0.1, 0.15) is 108 Å². The molecule has 6 N–H and O–H groups in total. The normalized spacial score (nSPS) is 38.7. The Morgan fingerprint density at radius 1 is 0.932 bits per heavy atom. The lowest BCUT2D eigenvalue weighted by Crippen LogP contribution is -2.70. The number of urea groups is 1. The maximum Gasteiger partial charge on any atom is 0.324 e. The monoisotopic (exact) mass is 1060 g/mol. The third-order valence-corrected chi connectivity index (χ3v) is 16.2. The van der Waals surface area contributed by atoms with Crippen LogP contribution in [0.15, 0.2) is 48.5 Å². The highest BCUT2D eigenvalue weighted by Crippen LogP contribution is 2.44. The minimum absolute atomic E-state index is 0.0349. The molecule has 3 saturated heterocycles. The highest BCUT2D eigenvalue weighted by Gasteiger charge is 2.58. The molecule has 0 saturated carbocycles. The summed E-state index contributed by atoms with van der Waals surface area (Å²) < 4.78 is 52.2. The topological polar surface area (TPSA) is 219 Å². The molecule has 18 nitrogen and oxygen atoms in total. The molecule has 0 aromatic heterocycles. The second-order valence-corrected chi connectivity index (χ2v) is 22.3. The molecule has 0 radical (unpaired) electrons. The van der Waals surface area contributed by atoms with Gasteiger partial charge in [-0.1, -0.05) is 57.5 Å². The lowest BCUT2D eigenvalue weighted by Gasteiger charge is -2.53. The number of anilines is 1. The minimum Gasteiger partial charge on any atom is -0.495 e. The summed E-state index contributed by atoms with van der Waals surface area (Å²) in [6.45, 7) is 20.6. The molecule has 0 spiro atoms. The molecule has 0 aliphatic carbocycles. The number of amides is 2. The smallest absolute Gasteiger partial charge is 0.324 e. The number of rotatable bonds is 15. The van der Waals surface area contributed by atoms with Crippen LogP contribution >= 0.6 is 11.6 Å². The number of carbonyl (C=O) groups excluding carboxylic acids is 2. The molecule has 3 aliphatic rings. The van der Waals surface area contributed by atoms with Gasteiger partial charge in [0.05, 0.1) is 54.1 Å². The van der Waals surface area contributed by atoms with E-state index in [1.54, 1.807) is 83.6 Å². The number of benzene rings is 2. The zero-order valence-corrected chi connectivity index (χ0v) is 47.3. The molecule has 74 heavy (non-hydrogen) atoms. The maximum atomic E-state index is 14.8. The van der Waals surface area contributed by atoms with Crippen LogP contribution in [0.4, 0.5) is 10.5 Å². The van der Waals surface area contributed by atoms with Crippen molar-refractivity contribution in [1.29, 1.82) is 0 Å². The number of aliphatic hydroxyl groups excluding tert-OH is 1. The number of cyclic esters (lactones) is 1. The number of halogens is 1. The summed E-state index contributed by atoms with van der Waals surface area (Å²) in [4.78, 5) is 32.4. The molecule has 5 rings (SSSR count). The van der Waals surface area contributed by atoms with Crippen LogP contribution in [0.25, 0.3) is 0 Å². The first-order chi connectivity index (χ1) is 34.7. The number of nitrogens with one attached hydrogen (secondary N) is 2. The van der Waals surface area contributed by atoms with Gasteiger partial charge >= 0.3 is 12.0 Å². The van der Waals surface area contributed by atoms with Gasteiger partial charge in [-0.05, 0) is 117 Å². The third-order valence-electron chi connectivity index (χ3n) is 16.0. The summed E-state index contributed by atoms with van der Waals surface area (Å²) >= 11 is 6.67. The third kappa shape index (κ3) is 13.8. The van der Waals surface area contributed by atoms with Crippen molar-refractivity contribution >= 4 is 29.3 Å². The molecular formula is C55H89ClN4O14. The summed E-state index contributed by atoms with van der Waals surface area (Å²) in [6.07, 6.45) is -8.11. The fourth-order valence-corrected chi connectivity index (χ4v) is 11.5. The first-order valence-corrected chi connectivity index (χ1v) is 26.8. The number of carbonyl (C=O) groups is 2. The molecular weight excluding hydrogens is 976 g/mol. The number of methoxy groups -OCH3 is 2. The van der Waals surface area contributed by atoms with E-state index in [1.165, 1.54) is 21.1 Å². The average Bonchev–Trinajstić information content (AvgIpc) is 3.36. The molecule has 2 aromatic rings. The Bertz CT molecular complexity index is 2110. The van der Waals surface area contributed by atoms with E-state index in [0.717, 1.165) is 6.42 Å². The van der Waals surface area contributed by atoms with Crippen molar-refractivity contribution < 1.29 is 67.9 Å². The molecule has 2 amide bonds. The molecule has 18 atom stereocenters. The van der Waals surface area contributed by atoms with E-state index in [2.05, 4.69) is 10.6 Å². The number of hydrogen-bond donors (Lipinski definition) is 6. The van der Waals surface area contributed by atoms with Crippen LogP contribution in [0, 0.1) is 17.8 Å². The first-order valence-electron chi connectivity index (χ1n) is 26.4. The van der Waals surface area contributed by atoms with Crippen LogP contribution in [0.3, 0.4) is 0 Å². The van der Waals surface area contributed by atoms with E-state index < -0.39 is 108 Å². The van der Waals surface area contributed by atoms with E-state index in [1.807, 2.05) is 58.0 Å². The van der Waals surface area contributed by atoms with Gasteiger partial charge in [-0.2, -0.15) is 0 Å². The number of para-hydroxylation sites is 1. The number of ether oxygens (including phenoxy) is 8. The predicted octanol–water partition coefficient (Wildman–Crippen LogP) is 6.30. The molecule has 3 fully saturated rings. The van der Waals surface area contributed by atoms with Crippen LogP contribution in [0.5, 0.6) is 11.5 Å². The quantitative estimate of drug-likeness (QED) is 0.0851. The van der Waals surface area contributed by atoms with Crippen molar-refractivity contribution in [2.24, 2.45) is 17.8 Å². The number of aliphatic hydroxyl groups is 4. The fourth-order valence-electron chi connectivity index (χ4n) is 11.2. The number of likely N-dealkylation sites (N-methyl/N-ethyl adjacent to an activating group) is 1. The van der Waals surface area contributed by atoms with Crippen LogP contribution < -0.4 is 25.0 Å². The Hall–Kier alpha value is -3.37. The van der Waals surface area contributed by atoms with E-state index in [0.29, 0.717) is 36.7 Å². The fraction of sp³-hybridized carbons (Fsp3) is 0.745. The van der Waals surface area contributed by atoms with E-state index >= 15 is 0 Å². The van der Waals surface area contributed by atoms with Crippen molar-refractivity contribution in [3.8, 4) is 11.5 Å². The van der Waals surface area contributed by atoms with Gasteiger partial charge in [0, 0.05) is 57.9 Å².